The van der Waals surface area contributed by atoms with Gasteiger partial charge in [0.2, 0.25) is 0 Å². The van der Waals surface area contributed by atoms with Crippen molar-refractivity contribution in [2.45, 2.75) is 19.8 Å². The van der Waals surface area contributed by atoms with E-state index in [9.17, 15) is 0 Å². The van der Waals surface area contributed by atoms with Gasteiger partial charge in [0.15, 0.2) is 10.8 Å². The van der Waals surface area contributed by atoms with E-state index < -0.39 is 0 Å². The van der Waals surface area contributed by atoms with Crippen LogP contribution in [0.5, 0.6) is 0 Å². The van der Waals surface area contributed by atoms with E-state index in [1.165, 1.54) is 11.5 Å². The van der Waals surface area contributed by atoms with Crippen molar-refractivity contribution in [2.24, 2.45) is 0 Å². The van der Waals surface area contributed by atoms with E-state index in [4.69, 9.17) is 5.11 Å². The minimum Gasteiger partial charge on any atom is -0.396 e. The van der Waals surface area contributed by atoms with Crippen LogP contribution >= 0.6 is 11.5 Å². The fourth-order valence-electron chi connectivity index (χ4n) is 1.62. The smallest absolute Gasteiger partial charge is 0.164 e. The summed E-state index contributed by atoms with van der Waals surface area (Å²) >= 11 is 1.33. The van der Waals surface area contributed by atoms with E-state index in [0.29, 0.717) is 0 Å². The number of aliphatic hydroxyl groups is 1. The van der Waals surface area contributed by atoms with Gasteiger partial charge in [-0.2, -0.15) is 4.37 Å². The number of hydrogen-bond acceptors (Lipinski definition) is 7. The quantitative estimate of drug-likeness (QED) is 0.808. The molecule has 0 fully saturated rings. The summed E-state index contributed by atoms with van der Waals surface area (Å²) < 4.78 is 4.13. The fourth-order valence-corrected chi connectivity index (χ4v) is 2.25. The van der Waals surface area contributed by atoms with Gasteiger partial charge in [-0.1, -0.05) is 0 Å². The Labute approximate surface area is 116 Å². The topological polar surface area (TPSA) is 75.0 Å². The Hall–Kier alpha value is -1.60. The Morgan fingerprint density at radius 3 is 2.68 bits per heavy atom. The predicted octanol–water partition coefficient (Wildman–Crippen LogP) is 1.51. The second-order valence-corrected chi connectivity index (χ2v) is 5.03. The van der Waals surface area contributed by atoms with E-state index >= 15 is 0 Å². The first-order chi connectivity index (χ1) is 9.20. The van der Waals surface area contributed by atoms with Crippen LogP contribution in [-0.2, 0) is 0 Å². The lowest BCUT2D eigenvalue weighted by molar-refractivity contribution is 0.285. The molecule has 0 radical (unpaired) electrons. The molecule has 2 heterocycles. The van der Waals surface area contributed by atoms with Crippen molar-refractivity contribution in [3.05, 3.63) is 18.0 Å². The summed E-state index contributed by atoms with van der Waals surface area (Å²) in [4.78, 5) is 6.31. The Morgan fingerprint density at radius 1 is 1.26 bits per heavy atom. The van der Waals surface area contributed by atoms with Crippen LogP contribution in [0.1, 0.15) is 18.7 Å². The number of anilines is 1. The molecule has 0 unspecified atom stereocenters. The normalized spacial score (nSPS) is 10.7. The standard InChI is InChI=1S/C12H17N5OS/c1-9-13-12(19-16-9)10-5-6-11(15-14-10)17(2)7-3-4-8-18/h5-6,18H,3-4,7-8H2,1-2H3. The van der Waals surface area contributed by atoms with Crippen LogP contribution in [0.25, 0.3) is 10.7 Å². The number of unbranched alkanes of at least 4 members (excludes halogenated alkanes) is 1. The van der Waals surface area contributed by atoms with Gasteiger partial charge in [-0.05, 0) is 43.4 Å². The van der Waals surface area contributed by atoms with Crippen LogP contribution in [0, 0.1) is 6.92 Å². The molecule has 0 aliphatic carbocycles. The molecule has 0 saturated carbocycles. The second-order valence-electron chi connectivity index (χ2n) is 4.28. The monoisotopic (exact) mass is 279 g/mol. The third kappa shape index (κ3) is 3.68. The number of nitrogens with zero attached hydrogens (tertiary/aromatic N) is 5. The van der Waals surface area contributed by atoms with E-state index in [-0.39, 0.29) is 6.61 Å². The van der Waals surface area contributed by atoms with E-state index in [0.717, 1.165) is 41.7 Å². The summed E-state index contributed by atoms with van der Waals surface area (Å²) in [5.74, 6) is 1.58. The highest BCUT2D eigenvalue weighted by Gasteiger charge is 2.08. The van der Waals surface area contributed by atoms with Gasteiger partial charge in [-0.3, -0.25) is 0 Å². The van der Waals surface area contributed by atoms with Crippen LogP contribution in [0.15, 0.2) is 12.1 Å². The number of aromatic nitrogens is 4. The predicted molar refractivity (Wildman–Crippen MR) is 75.3 cm³/mol. The van der Waals surface area contributed by atoms with Crippen molar-refractivity contribution in [3.8, 4) is 10.7 Å². The van der Waals surface area contributed by atoms with Gasteiger partial charge in [0.25, 0.3) is 0 Å². The van der Waals surface area contributed by atoms with Gasteiger partial charge in [-0.25, -0.2) is 4.98 Å². The zero-order chi connectivity index (χ0) is 13.7. The summed E-state index contributed by atoms with van der Waals surface area (Å²) in [6.45, 7) is 2.94. The first-order valence-electron chi connectivity index (χ1n) is 6.17. The van der Waals surface area contributed by atoms with E-state index in [1.807, 2.05) is 31.0 Å². The molecule has 19 heavy (non-hydrogen) atoms. The SMILES string of the molecule is Cc1nsc(-c2ccc(N(C)CCCCO)nn2)n1. The van der Waals surface area contributed by atoms with Gasteiger partial charge in [0.1, 0.15) is 11.5 Å². The van der Waals surface area contributed by atoms with Crippen molar-refractivity contribution in [3.63, 3.8) is 0 Å². The summed E-state index contributed by atoms with van der Waals surface area (Å²) in [7, 11) is 1.97. The summed E-state index contributed by atoms with van der Waals surface area (Å²) in [6, 6.07) is 3.84. The summed E-state index contributed by atoms with van der Waals surface area (Å²) in [5.41, 5.74) is 0.748. The molecule has 0 aliphatic heterocycles. The lowest BCUT2D eigenvalue weighted by Crippen LogP contribution is -2.20. The largest absolute Gasteiger partial charge is 0.396 e. The Balaban J connectivity index is 2.01. The average Bonchev–Trinajstić information content (AvgIpc) is 2.86. The maximum Gasteiger partial charge on any atom is 0.164 e. The van der Waals surface area contributed by atoms with Crippen molar-refractivity contribution in [2.75, 3.05) is 25.1 Å². The van der Waals surface area contributed by atoms with Crippen LogP contribution in [0.4, 0.5) is 5.82 Å². The van der Waals surface area contributed by atoms with Crippen molar-refractivity contribution < 1.29 is 5.11 Å². The first-order valence-corrected chi connectivity index (χ1v) is 6.94. The molecular weight excluding hydrogens is 262 g/mol. The lowest BCUT2D eigenvalue weighted by Gasteiger charge is -2.16. The molecule has 0 spiro atoms. The van der Waals surface area contributed by atoms with Crippen LogP contribution in [0.2, 0.25) is 0 Å². The molecule has 2 aromatic rings. The van der Waals surface area contributed by atoms with E-state index in [1.54, 1.807) is 0 Å². The third-order valence-electron chi connectivity index (χ3n) is 2.69. The number of aryl methyl sites for hydroxylation is 1. The van der Waals surface area contributed by atoms with Crippen molar-refractivity contribution in [1.82, 2.24) is 19.6 Å². The average molecular weight is 279 g/mol. The fraction of sp³-hybridized carbons (Fsp3) is 0.500. The first kappa shape index (κ1) is 13.8. The molecule has 102 valence electrons. The Kier molecular flexibility index (Phi) is 4.75. The lowest BCUT2D eigenvalue weighted by atomic mass is 10.3. The zero-order valence-electron chi connectivity index (χ0n) is 11.1. The molecular formula is C12H17N5OS. The number of hydrogen-bond donors (Lipinski definition) is 1. The van der Waals surface area contributed by atoms with Gasteiger partial charge in [0, 0.05) is 20.2 Å². The molecule has 0 aliphatic rings. The minimum absolute atomic E-state index is 0.231. The number of rotatable bonds is 6. The summed E-state index contributed by atoms with van der Waals surface area (Å²) in [6.07, 6.45) is 1.74. The highest BCUT2D eigenvalue weighted by molar-refractivity contribution is 7.09. The van der Waals surface area contributed by atoms with Crippen molar-refractivity contribution >= 4 is 17.4 Å². The maximum absolute atomic E-state index is 8.76. The van der Waals surface area contributed by atoms with Crippen LogP contribution in [-0.4, -0.2) is 44.9 Å². The zero-order valence-corrected chi connectivity index (χ0v) is 11.9. The van der Waals surface area contributed by atoms with E-state index in [2.05, 4.69) is 19.6 Å². The Morgan fingerprint density at radius 2 is 2.11 bits per heavy atom. The third-order valence-corrected chi connectivity index (χ3v) is 3.52. The molecule has 1 N–H and O–H groups in total. The minimum atomic E-state index is 0.231. The molecule has 2 rings (SSSR count). The molecule has 6 nitrogen and oxygen atoms in total. The molecule has 7 heteroatoms. The van der Waals surface area contributed by atoms with Gasteiger partial charge >= 0.3 is 0 Å². The molecule has 2 aromatic heterocycles. The molecule has 0 atom stereocenters. The molecule has 0 saturated heterocycles. The Bertz CT molecular complexity index is 513. The molecule has 0 aromatic carbocycles. The molecule has 0 bridgehead atoms. The van der Waals surface area contributed by atoms with Gasteiger partial charge in [0.05, 0.1) is 0 Å². The highest BCUT2D eigenvalue weighted by Crippen LogP contribution is 2.19. The van der Waals surface area contributed by atoms with Gasteiger partial charge < -0.3 is 10.0 Å². The second kappa shape index (κ2) is 6.53. The van der Waals surface area contributed by atoms with Gasteiger partial charge in [-0.15, -0.1) is 10.2 Å². The van der Waals surface area contributed by atoms with Crippen LogP contribution in [0.3, 0.4) is 0 Å². The molecule has 0 amide bonds. The number of aliphatic hydroxyl groups excluding tert-OH is 1. The summed E-state index contributed by atoms with van der Waals surface area (Å²) in [5, 5.41) is 17.9. The maximum atomic E-state index is 8.76. The van der Waals surface area contributed by atoms with Crippen LogP contribution < -0.4 is 4.90 Å². The van der Waals surface area contributed by atoms with Crippen molar-refractivity contribution in [1.29, 1.82) is 0 Å². The highest BCUT2D eigenvalue weighted by atomic mass is 32.1.